The molecule has 1 atom stereocenters. The lowest BCUT2D eigenvalue weighted by Gasteiger charge is -2.32. The normalized spacial score (nSPS) is 13.5. The zero-order chi connectivity index (χ0) is 15.3. The van der Waals surface area contributed by atoms with Crippen molar-refractivity contribution in [2.75, 3.05) is 12.8 Å². The van der Waals surface area contributed by atoms with Gasteiger partial charge in [-0.3, -0.25) is 0 Å². The highest BCUT2D eigenvalue weighted by atomic mass is 35.5. The molecule has 0 saturated carbocycles. The Morgan fingerprint density at radius 1 is 1.24 bits per heavy atom. The third-order valence-corrected chi connectivity index (χ3v) is 7.88. The van der Waals surface area contributed by atoms with Crippen LogP contribution >= 0.6 is 46.0 Å². The quantitative estimate of drug-likeness (QED) is 0.614. The van der Waals surface area contributed by atoms with Gasteiger partial charge in [-0.1, -0.05) is 31.5 Å². The van der Waals surface area contributed by atoms with E-state index in [2.05, 4.69) is 49.0 Å². The first kappa shape index (κ1) is 17.4. The summed E-state index contributed by atoms with van der Waals surface area (Å²) in [6, 6.07) is 8.71. The lowest BCUT2D eigenvalue weighted by atomic mass is 10.0. The van der Waals surface area contributed by atoms with Crippen molar-refractivity contribution in [3.63, 3.8) is 0 Å². The molecule has 1 nitrogen and oxygen atoms in total. The minimum atomic E-state index is 0.257. The lowest BCUT2D eigenvalue weighted by molar-refractivity contribution is 0.475. The predicted molar refractivity (Wildman–Crippen MR) is 100 cm³/mol. The van der Waals surface area contributed by atoms with Crippen LogP contribution in [0.4, 0.5) is 0 Å². The number of hydrogen-bond acceptors (Lipinski definition) is 4. The van der Waals surface area contributed by atoms with Crippen LogP contribution in [0, 0.1) is 0 Å². The Morgan fingerprint density at radius 2 is 2.00 bits per heavy atom. The second kappa shape index (κ2) is 8.02. The summed E-state index contributed by atoms with van der Waals surface area (Å²) in [7, 11) is 0. The van der Waals surface area contributed by atoms with E-state index in [-0.39, 0.29) is 6.04 Å². The number of thioether (sulfide) groups is 1. The fourth-order valence-corrected chi connectivity index (χ4v) is 5.28. The van der Waals surface area contributed by atoms with E-state index in [4.69, 9.17) is 11.6 Å². The van der Waals surface area contributed by atoms with Gasteiger partial charge in [0.1, 0.15) is 0 Å². The average molecular weight is 360 g/mol. The van der Waals surface area contributed by atoms with Gasteiger partial charge in [0.2, 0.25) is 0 Å². The van der Waals surface area contributed by atoms with Crippen LogP contribution in [0.3, 0.4) is 0 Å². The largest absolute Gasteiger partial charge is 0.304 e. The predicted octanol–water partition coefficient (Wildman–Crippen LogP) is 6.06. The van der Waals surface area contributed by atoms with E-state index in [0.717, 1.165) is 10.9 Å². The molecule has 0 aliphatic carbocycles. The van der Waals surface area contributed by atoms with Gasteiger partial charge in [0.15, 0.2) is 0 Å². The first-order valence-corrected chi connectivity index (χ1v) is 10.5. The number of rotatable bonds is 8. The topological polar surface area (TPSA) is 12.0 Å². The van der Waals surface area contributed by atoms with E-state index in [0.29, 0.717) is 4.75 Å². The van der Waals surface area contributed by atoms with E-state index in [9.17, 15) is 0 Å². The molecule has 0 spiro atoms. The minimum Gasteiger partial charge on any atom is -0.304 e. The van der Waals surface area contributed by atoms with Crippen LogP contribution in [0.5, 0.6) is 0 Å². The fourth-order valence-electron chi connectivity index (χ4n) is 2.43. The first-order valence-electron chi connectivity index (χ1n) is 7.21. The Morgan fingerprint density at radius 3 is 2.48 bits per heavy atom. The van der Waals surface area contributed by atoms with Gasteiger partial charge in [-0.25, -0.2) is 0 Å². The summed E-state index contributed by atoms with van der Waals surface area (Å²) in [6.45, 7) is 5.58. The highest BCUT2D eigenvalue weighted by Crippen LogP contribution is 2.35. The van der Waals surface area contributed by atoms with Crippen LogP contribution in [0.15, 0.2) is 29.6 Å². The van der Waals surface area contributed by atoms with Gasteiger partial charge in [0.05, 0.1) is 10.4 Å². The lowest BCUT2D eigenvalue weighted by Crippen LogP contribution is -2.38. The molecule has 2 aromatic heterocycles. The zero-order valence-corrected chi connectivity index (χ0v) is 15.9. The molecule has 0 fully saturated rings. The van der Waals surface area contributed by atoms with Crippen LogP contribution in [0.25, 0.3) is 0 Å². The number of hydrogen-bond donors (Lipinski definition) is 1. The van der Waals surface area contributed by atoms with Gasteiger partial charge in [0, 0.05) is 21.0 Å². The maximum atomic E-state index is 6.13. The summed E-state index contributed by atoms with van der Waals surface area (Å²) in [5.41, 5.74) is 0. The molecule has 116 valence electrons. The van der Waals surface area contributed by atoms with E-state index in [1.165, 1.54) is 22.6 Å². The van der Waals surface area contributed by atoms with Gasteiger partial charge in [0.25, 0.3) is 0 Å². The van der Waals surface area contributed by atoms with E-state index in [1.54, 1.807) is 22.7 Å². The summed E-state index contributed by atoms with van der Waals surface area (Å²) >= 11 is 11.6. The van der Waals surface area contributed by atoms with Crippen molar-refractivity contribution in [3.8, 4) is 0 Å². The fraction of sp³-hybridized carbons (Fsp3) is 0.500. The number of nitrogens with one attached hydrogen (secondary N) is 1. The summed E-state index contributed by atoms with van der Waals surface area (Å²) in [6.07, 6.45) is 4.58. The molecule has 0 aromatic carbocycles. The van der Waals surface area contributed by atoms with Crippen LogP contribution in [0.1, 0.15) is 42.5 Å². The molecule has 0 bridgehead atoms. The van der Waals surface area contributed by atoms with Gasteiger partial charge in [-0.2, -0.15) is 11.8 Å². The second-order valence-electron chi connectivity index (χ2n) is 5.07. The van der Waals surface area contributed by atoms with Gasteiger partial charge in [-0.05, 0) is 42.7 Å². The van der Waals surface area contributed by atoms with Crippen molar-refractivity contribution in [2.24, 2.45) is 0 Å². The van der Waals surface area contributed by atoms with Gasteiger partial charge < -0.3 is 5.32 Å². The molecule has 2 rings (SSSR count). The average Bonchev–Trinajstić information content (AvgIpc) is 3.16. The maximum Gasteiger partial charge on any atom is 0.0931 e. The monoisotopic (exact) mass is 359 g/mol. The molecule has 0 aliphatic rings. The number of thiophene rings is 2. The van der Waals surface area contributed by atoms with Gasteiger partial charge in [-0.15, -0.1) is 22.7 Å². The molecule has 0 radical (unpaired) electrons. The molecule has 1 unspecified atom stereocenters. The molecule has 1 N–H and O–H groups in total. The smallest absolute Gasteiger partial charge is 0.0931 e. The molecule has 2 heterocycles. The van der Waals surface area contributed by atoms with Crippen LogP contribution in [0.2, 0.25) is 4.34 Å². The molecular formula is C16H22ClNS3. The summed E-state index contributed by atoms with van der Waals surface area (Å²) in [5.74, 6) is 0. The Labute approximate surface area is 145 Å². The van der Waals surface area contributed by atoms with Crippen LogP contribution in [-0.4, -0.2) is 17.5 Å². The Bertz CT molecular complexity index is 523. The van der Waals surface area contributed by atoms with Crippen LogP contribution < -0.4 is 5.32 Å². The Hall–Kier alpha value is -0.000000000000000111. The van der Waals surface area contributed by atoms with Crippen molar-refractivity contribution < 1.29 is 0 Å². The molecule has 5 heteroatoms. The van der Waals surface area contributed by atoms with Crippen molar-refractivity contribution in [1.29, 1.82) is 0 Å². The van der Waals surface area contributed by atoms with Gasteiger partial charge >= 0.3 is 0 Å². The van der Waals surface area contributed by atoms with E-state index >= 15 is 0 Å². The van der Waals surface area contributed by atoms with Crippen molar-refractivity contribution >= 4 is 46.0 Å². The second-order valence-corrected chi connectivity index (χ2v) is 9.07. The van der Waals surface area contributed by atoms with E-state index in [1.807, 2.05) is 17.8 Å². The molecule has 0 saturated heterocycles. The minimum absolute atomic E-state index is 0.257. The maximum absolute atomic E-state index is 6.13. The van der Waals surface area contributed by atoms with E-state index < -0.39 is 0 Å². The van der Waals surface area contributed by atoms with Crippen molar-refractivity contribution in [1.82, 2.24) is 5.32 Å². The summed E-state index contributed by atoms with van der Waals surface area (Å²) in [5, 5.41) is 5.93. The molecule has 0 aliphatic heterocycles. The Kier molecular flexibility index (Phi) is 6.63. The molecule has 21 heavy (non-hydrogen) atoms. The SMILES string of the molecule is CCC(CC)(CNC(c1cccs1)c1ccc(Cl)s1)SC. The molecule has 0 amide bonds. The Balaban J connectivity index is 2.18. The molecule has 2 aromatic rings. The number of halogens is 1. The third kappa shape index (κ3) is 4.26. The molecular weight excluding hydrogens is 338 g/mol. The van der Waals surface area contributed by atoms with Crippen LogP contribution in [-0.2, 0) is 0 Å². The standard InChI is InChI=1S/C16H22ClNS3/c1-4-16(5-2,19-3)11-18-15(12-7-6-10-20-12)13-8-9-14(17)21-13/h6-10,15,18H,4-5,11H2,1-3H3. The van der Waals surface area contributed by atoms with Crippen molar-refractivity contribution in [2.45, 2.75) is 37.5 Å². The summed E-state index contributed by atoms with van der Waals surface area (Å²) < 4.78 is 1.17. The summed E-state index contributed by atoms with van der Waals surface area (Å²) in [4.78, 5) is 2.65. The highest BCUT2D eigenvalue weighted by molar-refractivity contribution is 8.00. The third-order valence-electron chi connectivity index (χ3n) is 4.06. The first-order chi connectivity index (χ1) is 10.1. The van der Waals surface area contributed by atoms with Crippen molar-refractivity contribution in [3.05, 3.63) is 43.7 Å². The zero-order valence-electron chi connectivity index (χ0n) is 12.7. The highest BCUT2D eigenvalue weighted by Gasteiger charge is 2.27.